The maximum absolute atomic E-state index is 3.94. The van der Waals surface area contributed by atoms with E-state index in [9.17, 15) is 0 Å². The molecule has 0 aliphatic heterocycles. The third-order valence-electron chi connectivity index (χ3n) is 0.839. The van der Waals surface area contributed by atoms with Crippen molar-refractivity contribution in [2.75, 3.05) is 0 Å². The van der Waals surface area contributed by atoms with Crippen molar-refractivity contribution < 1.29 is 19.5 Å². The number of rotatable bonds is 0. The molecule has 2 nitrogen and oxygen atoms in total. The molecule has 2 rings (SSSR count). The van der Waals surface area contributed by atoms with E-state index in [1.807, 2.05) is 10.8 Å². The molecule has 66 valence electrons. The van der Waals surface area contributed by atoms with Gasteiger partial charge in [0.1, 0.15) is 8.68 Å². The van der Waals surface area contributed by atoms with Crippen LogP contribution in [0.3, 0.4) is 0 Å². The maximum Gasteiger partial charge on any atom is 0.146 e. The predicted octanol–water partition coefficient (Wildman–Crippen LogP) is 2.86. The van der Waals surface area contributed by atoms with Crippen molar-refractivity contribution in [1.29, 1.82) is 0 Å². The molecule has 0 aromatic carbocycles. The molecule has 0 N–H and O–H groups in total. The van der Waals surface area contributed by atoms with E-state index in [1.165, 1.54) is 22.7 Å². The second-order valence-electron chi connectivity index (χ2n) is 1.63. The molecule has 0 spiro atoms. The predicted molar refractivity (Wildman–Crippen MR) is 58.7 cm³/mol. The van der Waals surface area contributed by atoms with Gasteiger partial charge in [-0.15, -0.1) is 47.9 Å². The van der Waals surface area contributed by atoms with Crippen molar-refractivity contribution in [3.63, 3.8) is 0 Å². The average molecular weight is 300 g/mol. The molecule has 0 aliphatic carbocycles. The summed E-state index contributed by atoms with van der Waals surface area (Å²) in [5.41, 5.74) is 0. The van der Waals surface area contributed by atoms with Crippen LogP contribution < -0.4 is 0 Å². The van der Waals surface area contributed by atoms with Crippen molar-refractivity contribution in [2.45, 2.75) is 8.68 Å². The quantitative estimate of drug-likeness (QED) is 0.578. The Hall–Kier alpha value is 0.583. The first-order chi connectivity index (χ1) is 5.79. The van der Waals surface area contributed by atoms with Gasteiger partial charge in [0.25, 0.3) is 0 Å². The van der Waals surface area contributed by atoms with Gasteiger partial charge < -0.3 is 0 Å². The maximum atomic E-state index is 3.94. The van der Waals surface area contributed by atoms with Gasteiger partial charge in [0.05, 0.1) is 0 Å². The van der Waals surface area contributed by atoms with Gasteiger partial charge in [0.15, 0.2) is 0 Å². The Morgan fingerprint density at radius 2 is 1.31 bits per heavy atom. The van der Waals surface area contributed by atoms with Gasteiger partial charge in [-0.05, 0) is 0 Å². The summed E-state index contributed by atoms with van der Waals surface area (Å²) in [5.74, 6) is 0. The molecule has 0 bridgehead atoms. The van der Waals surface area contributed by atoms with Crippen LogP contribution in [0.1, 0.15) is 0 Å². The molecular weight excluding hydrogens is 294 g/mol. The second kappa shape index (κ2) is 7.94. The van der Waals surface area contributed by atoms with Crippen LogP contribution in [0.5, 0.6) is 0 Å². The van der Waals surface area contributed by atoms with E-state index in [2.05, 4.69) is 35.2 Å². The molecule has 2 aromatic heterocycles. The van der Waals surface area contributed by atoms with Crippen molar-refractivity contribution in [1.82, 2.24) is 9.97 Å². The molecule has 7 heteroatoms. The monoisotopic (exact) mass is 298 g/mol. The normalized spacial score (nSPS) is 8.15. The van der Waals surface area contributed by atoms with Gasteiger partial charge in [-0.2, -0.15) is 0 Å². The third-order valence-corrected chi connectivity index (χ3v) is 2.85. The Kier molecular flexibility index (Phi) is 8.29. The SMILES string of the molecule is Sc1nccs1.Sc1nccs1.[Zn]. The number of hydrogen-bond acceptors (Lipinski definition) is 6. The second-order valence-corrected chi connectivity index (χ2v) is 4.87. The Morgan fingerprint density at radius 1 is 0.923 bits per heavy atom. The summed E-state index contributed by atoms with van der Waals surface area (Å²) >= 11 is 10.9. The van der Waals surface area contributed by atoms with Gasteiger partial charge in [0.2, 0.25) is 0 Å². The smallest absolute Gasteiger partial charge is 0.146 e. The molecule has 0 radical (unpaired) electrons. The fourth-order valence-electron chi connectivity index (χ4n) is 0.432. The number of hydrogen-bond donors (Lipinski definition) is 2. The van der Waals surface area contributed by atoms with E-state index in [-0.39, 0.29) is 19.5 Å². The largest absolute Gasteiger partial charge is 0.238 e. The van der Waals surface area contributed by atoms with E-state index < -0.39 is 0 Å². The van der Waals surface area contributed by atoms with Gasteiger partial charge in [-0.3, -0.25) is 0 Å². The molecule has 13 heavy (non-hydrogen) atoms. The van der Waals surface area contributed by atoms with Crippen LogP contribution in [0.15, 0.2) is 31.8 Å². The van der Waals surface area contributed by atoms with Crippen molar-refractivity contribution in [3.8, 4) is 0 Å². The Labute approximate surface area is 108 Å². The topological polar surface area (TPSA) is 25.8 Å². The number of aromatic nitrogens is 2. The van der Waals surface area contributed by atoms with Crippen molar-refractivity contribution in [3.05, 3.63) is 23.2 Å². The van der Waals surface area contributed by atoms with E-state index in [0.29, 0.717) is 0 Å². The fourth-order valence-corrected chi connectivity index (χ4v) is 1.66. The van der Waals surface area contributed by atoms with E-state index in [0.717, 1.165) is 8.68 Å². The molecular formula is C6H6N2S4Zn. The molecule has 0 aliphatic rings. The van der Waals surface area contributed by atoms with Gasteiger partial charge in [-0.1, -0.05) is 0 Å². The first-order valence-corrected chi connectivity index (χ1v) is 5.61. The van der Waals surface area contributed by atoms with Crippen LogP contribution in [-0.4, -0.2) is 9.97 Å². The van der Waals surface area contributed by atoms with Gasteiger partial charge in [0, 0.05) is 42.6 Å². The molecule has 0 fully saturated rings. The number of thiazole rings is 2. The standard InChI is InChI=1S/2C3H3NS2.Zn/c2*5-3-4-1-2-6-3;/h2*1-2H,(H,4,5);. The van der Waals surface area contributed by atoms with Crippen LogP contribution in [0, 0.1) is 0 Å². The number of nitrogens with zero attached hydrogens (tertiary/aromatic N) is 2. The van der Waals surface area contributed by atoms with Crippen LogP contribution >= 0.6 is 47.9 Å². The van der Waals surface area contributed by atoms with E-state index in [4.69, 9.17) is 0 Å². The first kappa shape index (κ1) is 13.6. The Balaban J connectivity index is 0.000000206. The minimum absolute atomic E-state index is 0. The van der Waals surface area contributed by atoms with E-state index >= 15 is 0 Å². The molecule has 0 unspecified atom stereocenters. The summed E-state index contributed by atoms with van der Waals surface area (Å²) < 4.78 is 1.66. The molecule has 0 saturated carbocycles. The summed E-state index contributed by atoms with van der Waals surface area (Å²) in [6.45, 7) is 0. The minimum Gasteiger partial charge on any atom is -0.238 e. The molecule has 2 aromatic rings. The van der Waals surface area contributed by atoms with Crippen LogP contribution in [-0.2, 0) is 19.5 Å². The van der Waals surface area contributed by atoms with Crippen LogP contribution in [0.25, 0.3) is 0 Å². The fraction of sp³-hybridized carbons (Fsp3) is 0. The Morgan fingerprint density at radius 3 is 1.38 bits per heavy atom. The van der Waals surface area contributed by atoms with E-state index in [1.54, 1.807) is 12.4 Å². The zero-order chi connectivity index (χ0) is 8.81. The Bertz CT molecular complexity index is 262. The zero-order valence-electron chi connectivity index (χ0n) is 6.62. The number of thiol groups is 2. The summed E-state index contributed by atoms with van der Waals surface area (Å²) in [7, 11) is 0. The van der Waals surface area contributed by atoms with Crippen LogP contribution in [0.4, 0.5) is 0 Å². The first-order valence-electron chi connectivity index (χ1n) is 2.96. The zero-order valence-corrected chi connectivity index (χ0v) is 13.0. The van der Waals surface area contributed by atoms with Gasteiger partial charge >= 0.3 is 0 Å². The molecule has 0 amide bonds. The minimum atomic E-state index is 0. The third kappa shape index (κ3) is 6.63. The van der Waals surface area contributed by atoms with Crippen molar-refractivity contribution >= 4 is 47.9 Å². The van der Waals surface area contributed by atoms with Crippen LogP contribution in [0.2, 0.25) is 0 Å². The summed E-state index contributed by atoms with van der Waals surface area (Å²) in [6, 6.07) is 0. The summed E-state index contributed by atoms with van der Waals surface area (Å²) in [5, 5.41) is 3.78. The van der Waals surface area contributed by atoms with Crippen molar-refractivity contribution in [2.24, 2.45) is 0 Å². The van der Waals surface area contributed by atoms with Gasteiger partial charge in [-0.25, -0.2) is 9.97 Å². The molecule has 2 heterocycles. The summed E-state index contributed by atoms with van der Waals surface area (Å²) in [6.07, 6.45) is 3.46. The average Bonchev–Trinajstić information content (AvgIpc) is 2.63. The molecule has 0 atom stereocenters. The summed E-state index contributed by atoms with van der Waals surface area (Å²) in [4.78, 5) is 7.60. The molecule has 0 saturated heterocycles.